The molecule has 0 aliphatic carbocycles. The molecule has 0 saturated carbocycles. The highest BCUT2D eigenvalue weighted by atomic mass is 19.4. The number of nitro groups is 1. The second kappa shape index (κ2) is 8.08. The second-order valence-corrected chi connectivity index (χ2v) is 4.05. The number of nitrogens with one attached hydrogen (secondary N) is 1. The Hall–Kier alpha value is -2.69. The Balaban J connectivity index is 2.24. The Morgan fingerprint density at radius 3 is 2.35 bits per heavy atom. The maximum atomic E-state index is 11.9. The fourth-order valence-corrected chi connectivity index (χ4v) is 1.27. The molecule has 0 aliphatic heterocycles. The molecule has 0 aliphatic rings. The summed E-state index contributed by atoms with van der Waals surface area (Å²) in [6.07, 6.45) is -6.05. The van der Waals surface area contributed by atoms with Gasteiger partial charge in [-0.1, -0.05) is 0 Å². The molecule has 0 aromatic heterocycles. The molecule has 0 fully saturated rings. The highest BCUT2D eigenvalue weighted by Crippen LogP contribution is 2.17. The fraction of sp³-hybridized carbons (Fsp3) is 0.333. The van der Waals surface area contributed by atoms with Crippen LogP contribution in [0.3, 0.4) is 0 Å². The Kier molecular flexibility index (Phi) is 6.45. The minimum Gasteiger partial charge on any atom is -0.433 e. The second-order valence-electron chi connectivity index (χ2n) is 4.05. The van der Waals surface area contributed by atoms with E-state index in [1.54, 1.807) is 0 Å². The quantitative estimate of drug-likeness (QED) is 0.266. The zero-order valence-electron chi connectivity index (χ0n) is 11.5. The van der Waals surface area contributed by atoms with E-state index in [9.17, 15) is 32.9 Å². The maximum Gasteiger partial charge on any atom is 0.513 e. The molecule has 1 rings (SSSR count). The summed E-state index contributed by atoms with van der Waals surface area (Å²) in [4.78, 5) is 31.5. The van der Waals surface area contributed by atoms with E-state index in [0.29, 0.717) is 0 Å². The number of ether oxygens (including phenoxy) is 2. The number of carbonyl (C=O) groups is 2. The summed E-state index contributed by atoms with van der Waals surface area (Å²) in [5, 5.41) is 12.6. The van der Waals surface area contributed by atoms with Gasteiger partial charge >= 0.3 is 12.3 Å². The van der Waals surface area contributed by atoms with E-state index in [1.807, 2.05) is 0 Å². The first-order valence-electron chi connectivity index (χ1n) is 6.10. The Bertz CT molecular complexity index is 573. The molecule has 0 atom stereocenters. The number of alkyl halides is 3. The number of benzene rings is 1. The molecule has 0 unspecified atom stereocenters. The van der Waals surface area contributed by atoms with Gasteiger partial charge in [-0.05, 0) is 12.1 Å². The van der Waals surface area contributed by atoms with Crippen LogP contribution in [0.2, 0.25) is 0 Å². The molecule has 0 heterocycles. The molecule has 23 heavy (non-hydrogen) atoms. The van der Waals surface area contributed by atoms with Gasteiger partial charge in [-0.3, -0.25) is 14.9 Å². The summed E-state index contributed by atoms with van der Waals surface area (Å²) in [5.74, 6) is -1.94. The van der Waals surface area contributed by atoms with Crippen LogP contribution in [0, 0.1) is 10.1 Å². The summed E-state index contributed by atoms with van der Waals surface area (Å²) in [6, 6.07) is 4.60. The van der Waals surface area contributed by atoms with Crippen molar-refractivity contribution in [2.45, 2.75) is 6.18 Å². The number of halogens is 3. The summed E-state index contributed by atoms with van der Waals surface area (Å²) in [6.45, 7) is -1.43. The molecule has 0 radical (unpaired) electrons. The number of rotatable bonds is 7. The standard InChI is InChI=1S/C12H11F3N2O6/c13-12(14,15)10(18)7-16-5-6-22-11(19)23-9-3-1-8(2-4-9)17(20)21/h1-4,16H,5-7H2. The Morgan fingerprint density at radius 2 is 1.83 bits per heavy atom. The third-order valence-electron chi connectivity index (χ3n) is 2.35. The molecule has 11 heteroatoms. The lowest BCUT2D eigenvalue weighted by molar-refractivity contribution is -0.384. The van der Waals surface area contributed by atoms with E-state index >= 15 is 0 Å². The van der Waals surface area contributed by atoms with Gasteiger partial charge in [-0.2, -0.15) is 13.2 Å². The van der Waals surface area contributed by atoms with Crippen LogP contribution < -0.4 is 10.1 Å². The third kappa shape index (κ3) is 6.74. The van der Waals surface area contributed by atoms with Gasteiger partial charge in [-0.15, -0.1) is 0 Å². The number of Topliss-reactive ketones (excluding diaryl/α,β-unsaturated/α-hetero) is 1. The average molecular weight is 336 g/mol. The van der Waals surface area contributed by atoms with E-state index in [4.69, 9.17) is 0 Å². The van der Waals surface area contributed by atoms with Crippen LogP contribution in [0.25, 0.3) is 0 Å². The summed E-state index contributed by atoms with van der Waals surface area (Å²) >= 11 is 0. The highest BCUT2D eigenvalue weighted by Gasteiger charge is 2.37. The lowest BCUT2D eigenvalue weighted by atomic mass is 10.3. The van der Waals surface area contributed by atoms with Crippen LogP contribution in [-0.2, 0) is 9.53 Å². The van der Waals surface area contributed by atoms with Crippen molar-refractivity contribution in [2.24, 2.45) is 0 Å². The normalized spacial score (nSPS) is 10.9. The molecular weight excluding hydrogens is 325 g/mol. The van der Waals surface area contributed by atoms with Crippen LogP contribution in [0.5, 0.6) is 5.75 Å². The van der Waals surface area contributed by atoms with Crippen molar-refractivity contribution >= 4 is 17.6 Å². The first-order valence-corrected chi connectivity index (χ1v) is 6.10. The Labute approximate surface area is 127 Å². The van der Waals surface area contributed by atoms with Gasteiger partial charge in [0.1, 0.15) is 12.4 Å². The van der Waals surface area contributed by atoms with Crippen molar-refractivity contribution in [2.75, 3.05) is 19.7 Å². The van der Waals surface area contributed by atoms with Gasteiger partial charge in [0.2, 0.25) is 5.78 Å². The molecular formula is C12H11F3N2O6. The van der Waals surface area contributed by atoms with Crippen molar-refractivity contribution in [3.05, 3.63) is 34.4 Å². The van der Waals surface area contributed by atoms with Crippen LogP contribution in [0.1, 0.15) is 0 Å². The molecule has 0 bridgehead atoms. The van der Waals surface area contributed by atoms with Gasteiger partial charge < -0.3 is 14.8 Å². The number of nitro benzene ring substituents is 1. The van der Waals surface area contributed by atoms with Crippen LogP contribution in [-0.4, -0.2) is 42.7 Å². The zero-order valence-corrected chi connectivity index (χ0v) is 11.5. The van der Waals surface area contributed by atoms with Crippen molar-refractivity contribution in [1.82, 2.24) is 5.32 Å². The summed E-state index contributed by atoms with van der Waals surface area (Å²) in [5.41, 5.74) is -0.191. The van der Waals surface area contributed by atoms with E-state index in [-0.39, 0.29) is 24.6 Å². The van der Waals surface area contributed by atoms with Crippen LogP contribution >= 0.6 is 0 Å². The van der Waals surface area contributed by atoms with Gasteiger partial charge in [0.05, 0.1) is 11.5 Å². The minimum absolute atomic E-state index is 0.000748. The number of ketones is 1. The molecule has 126 valence electrons. The molecule has 8 nitrogen and oxygen atoms in total. The number of carbonyl (C=O) groups excluding carboxylic acids is 2. The summed E-state index contributed by atoms with van der Waals surface area (Å²) < 4.78 is 44.8. The molecule has 1 N–H and O–H groups in total. The van der Waals surface area contributed by atoms with E-state index in [0.717, 1.165) is 12.1 Å². The number of nitrogens with zero attached hydrogens (tertiary/aromatic N) is 1. The monoisotopic (exact) mass is 336 g/mol. The molecule has 0 amide bonds. The molecule has 1 aromatic rings. The first-order chi connectivity index (χ1) is 10.7. The van der Waals surface area contributed by atoms with Gasteiger partial charge in [-0.25, -0.2) is 4.79 Å². The molecule has 0 spiro atoms. The highest BCUT2D eigenvalue weighted by molar-refractivity contribution is 5.85. The van der Waals surface area contributed by atoms with Crippen LogP contribution in [0.15, 0.2) is 24.3 Å². The SMILES string of the molecule is O=C(OCCNCC(=O)C(F)(F)F)Oc1ccc([N+](=O)[O-])cc1. The van der Waals surface area contributed by atoms with Crippen molar-refractivity contribution in [1.29, 1.82) is 0 Å². The lowest BCUT2D eigenvalue weighted by Crippen LogP contribution is -2.35. The first kappa shape index (κ1) is 18.4. The molecule has 0 saturated heterocycles. The largest absolute Gasteiger partial charge is 0.513 e. The van der Waals surface area contributed by atoms with E-state index in [2.05, 4.69) is 14.8 Å². The topological polar surface area (TPSA) is 108 Å². The zero-order chi connectivity index (χ0) is 17.5. The smallest absolute Gasteiger partial charge is 0.433 e. The summed E-state index contributed by atoms with van der Waals surface area (Å²) in [7, 11) is 0. The van der Waals surface area contributed by atoms with Crippen LogP contribution in [0.4, 0.5) is 23.7 Å². The van der Waals surface area contributed by atoms with Crippen molar-refractivity contribution in [3.63, 3.8) is 0 Å². The maximum absolute atomic E-state index is 11.9. The fourth-order valence-electron chi connectivity index (χ4n) is 1.27. The predicted octanol–water partition coefficient (Wildman–Crippen LogP) is 1.83. The van der Waals surface area contributed by atoms with Gasteiger partial charge in [0, 0.05) is 18.7 Å². The van der Waals surface area contributed by atoms with Gasteiger partial charge in [0.25, 0.3) is 5.69 Å². The Morgan fingerprint density at radius 1 is 1.22 bits per heavy atom. The average Bonchev–Trinajstić information content (AvgIpc) is 2.46. The van der Waals surface area contributed by atoms with Gasteiger partial charge in [0.15, 0.2) is 0 Å². The van der Waals surface area contributed by atoms with E-state index < -0.39 is 29.6 Å². The predicted molar refractivity (Wildman–Crippen MR) is 69.0 cm³/mol. The van der Waals surface area contributed by atoms with Crippen molar-refractivity contribution in [3.8, 4) is 5.75 Å². The third-order valence-corrected chi connectivity index (χ3v) is 2.35. The van der Waals surface area contributed by atoms with E-state index in [1.165, 1.54) is 12.1 Å². The lowest BCUT2D eigenvalue weighted by Gasteiger charge is -2.08. The number of non-ortho nitro benzene ring substituents is 1. The van der Waals surface area contributed by atoms with Crippen molar-refractivity contribution < 1.29 is 37.2 Å². The number of hydrogen-bond donors (Lipinski definition) is 1. The minimum atomic E-state index is -4.91. The molecule has 1 aromatic carbocycles. The number of hydrogen-bond acceptors (Lipinski definition) is 7.